The minimum atomic E-state index is -7.22. The van der Waals surface area contributed by atoms with E-state index >= 15 is 35.1 Å². The van der Waals surface area contributed by atoms with Crippen molar-refractivity contribution >= 4 is 45.8 Å². The Morgan fingerprint density at radius 1 is 0.365 bits per heavy atom. The van der Waals surface area contributed by atoms with Gasteiger partial charge in [0.15, 0.2) is 74.7 Å². The van der Waals surface area contributed by atoms with Crippen molar-refractivity contribution in [3.63, 3.8) is 0 Å². The third-order valence-corrected chi connectivity index (χ3v) is 10.4. The van der Waals surface area contributed by atoms with E-state index in [-0.39, 0.29) is 0 Å². The molecule has 63 heavy (non-hydrogen) atoms. The van der Waals surface area contributed by atoms with Crippen LogP contribution in [0.1, 0.15) is 12.0 Å². The van der Waals surface area contributed by atoms with Crippen LogP contribution >= 0.6 is 0 Å². The zero-order chi connectivity index (χ0) is 47.0. The number of halogens is 20. The van der Waals surface area contributed by atoms with Gasteiger partial charge in [0.25, 0.3) is 0 Å². The van der Waals surface area contributed by atoms with Crippen molar-refractivity contribution in [2.24, 2.45) is 0 Å². The van der Waals surface area contributed by atoms with Crippen molar-refractivity contribution in [1.82, 2.24) is 0 Å². The summed E-state index contributed by atoms with van der Waals surface area (Å²) in [6.45, 7) is 0. The molecule has 0 aliphatic heterocycles. The van der Waals surface area contributed by atoms with Crippen LogP contribution < -0.4 is 21.9 Å². The second-order valence-corrected chi connectivity index (χ2v) is 14.1. The first kappa shape index (κ1) is 47.9. The first-order chi connectivity index (χ1) is 29.5. The van der Waals surface area contributed by atoms with Gasteiger partial charge in [0.1, 0.15) is 64.2 Å². The Morgan fingerprint density at radius 2 is 0.635 bits per heavy atom. The van der Waals surface area contributed by atoms with Crippen molar-refractivity contribution in [2.45, 2.75) is 11.3 Å². The molecule has 6 rings (SSSR count). The zero-order valence-electron chi connectivity index (χ0n) is 30.3. The first-order valence-corrected chi connectivity index (χ1v) is 18.0. The number of hydrogen-bond acceptors (Lipinski definition) is 1. The van der Waals surface area contributed by atoms with E-state index in [9.17, 15) is 57.8 Å². The van der Waals surface area contributed by atoms with Gasteiger partial charge in [-0.05, 0) is 29.8 Å². The summed E-state index contributed by atoms with van der Waals surface area (Å²) in [6, 6.07) is 17.8. The molecule has 0 atom stereocenters. The van der Waals surface area contributed by atoms with Crippen molar-refractivity contribution in [3.8, 4) is 5.75 Å². The molecular formula is C40H17BF20OS. The maximum atomic E-state index is 15.4. The predicted octanol–water partition coefficient (Wildman–Crippen LogP) is 9.52. The molecule has 0 fully saturated rings. The van der Waals surface area contributed by atoms with Gasteiger partial charge in [0.2, 0.25) is 0 Å². The summed E-state index contributed by atoms with van der Waals surface area (Å²) in [7, 11) is 0. The number of hydrogen-bond donors (Lipinski definition) is 1. The number of aromatic hydroxyl groups is 1. The zero-order valence-corrected chi connectivity index (χ0v) is 31.2. The van der Waals surface area contributed by atoms with Crippen LogP contribution in [0.25, 0.3) is 6.08 Å². The van der Waals surface area contributed by atoms with E-state index in [2.05, 4.69) is 24.3 Å². The first-order valence-electron chi connectivity index (χ1n) is 17.0. The number of rotatable bonds is 9. The van der Waals surface area contributed by atoms with Gasteiger partial charge in [-0.1, -0.05) is 42.5 Å². The van der Waals surface area contributed by atoms with Crippen LogP contribution in [0.3, 0.4) is 0 Å². The normalized spacial score (nSPS) is 11.7. The molecule has 6 aromatic rings. The minimum Gasteiger partial charge on any atom is -0.508 e. The lowest BCUT2D eigenvalue weighted by atomic mass is 9.12. The summed E-state index contributed by atoms with van der Waals surface area (Å²) < 4.78 is 294. The molecule has 0 spiro atoms. The Labute approximate surface area is 343 Å². The van der Waals surface area contributed by atoms with Gasteiger partial charge in [-0.25, -0.2) is 87.8 Å². The average Bonchev–Trinajstić information content (AvgIpc) is 3.27. The highest BCUT2D eigenvalue weighted by molar-refractivity contribution is 7.78. The average molecular weight is 936 g/mol. The Hall–Kier alpha value is -6.13. The summed E-state index contributed by atoms with van der Waals surface area (Å²) in [4.78, 5) is 1.25. The second-order valence-electron chi connectivity index (χ2n) is 12.8. The number of thiol groups is 1. The van der Waals surface area contributed by atoms with Crippen LogP contribution in [0.2, 0.25) is 0 Å². The van der Waals surface area contributed by atoms with Crippen molar-refractivity contribution < 1.29 is 92.9 Å². The summed E-state index contributed by atoms with van der Waals surface area (Å²) in [5.74, 6) is -70.0. The molecule has 0 saturated carbocycles. The van der Waals surface area contributed by atoms with Gasteiger partial charge in [-0.15, -0.1) is 21.9 Å². The molecule has 0 heterocycles. The van der Waals surface area contributed by atoms with Gasteiger partial charge in [0, 0.05) is 18.2 Å². The third-order valence-electron chi connectivity index (χ3n) is 9.26. The molecular weight excluding hydrogens is 919 g/mol. The van der Waals surface area contributed by atoms with E-state index < -0.39 is 144 Å². The number of benzene rings is 6. The smallest absolute Gasteiger partial charge is 0.200 e. The lowest BCUT2D eigenvalue weighted by Crippen LogP contribution is -2.81. The van der Waals surface area contributed by atoms with Crippen LogP contribution in [-0.2, 0) is 11.8 Å². The monoisotopic (exact) mass is 936 g/mol. The Balaban J connectivity index is 0.000000345. The molecule has 0 aliphatic rings. The molecule has 6 aromatic carbocycles. The fourth-order valence-electron chi connectivity index (χ4n) is 6.48. The standard InChI is InChI=1S/C24BF20.C16H16OS/c26-5-1(6(27)14(35)21(42)13(5)34)25(2-7(28)15(36)22(43)16(37)8(2)29,3-9(30)17(38)23(44)18(39)10(3)31)4-11(32)19(40)24(45)20(41)12(4)33;17-15-9-11-16(12-10-15)18-13-5-4-8-14-6-2-1-3-7-14/h;1-4,6-12,17H,5,13H2/q-1;/p+1. The summed E-state index contributed by atoms with van der Waals surface area (Å²) in [6.07, 6.45) is -1.78. The van der Waals surface area contributed by atoms with Gasteiger partial charge in [-0.2, -0.15) is 0 Å². The maximum Gasteiger partial charge on any atom is 0.200 e. The Morgan fingerprint density at radius 3 is 0.921 bits per heavy atom. The topological polar surface area (TPSA) is 20.2 Å². The Kier molecular flexibility index (Phi) is 14.2. The lowest BCUT2D eigenvalue weighted by Gasteiger charge is -2.44. The molecule has 0 unspecified atom stereocenters. The molecule has 0 saturated heterocycles. The highest BCUT2D eigenvalue weighted by atomic mass is 32.2. The van der Waals surface area contributed by atoms with Crippen LogP contribution in [-0.4, -0.2) is 17.0 Å². The molecule has 332 valence electrons. The summed E-state index contributed by atoms with van der Waals surface area (Å²) >= 11 is 1.30. The van der Waals surface area contributed by atoms with Crippen molar-refractivity contribution in [2.75, 3.05) is 5.75 Å². The molecule has 23 heteroatoms. The van der Waals surface area contributed by atoms with E-state index in [1.807, 2.05) is 30.3 Å². The quantitative estimate of drug-likeness (QED) is 0.0292. The largest absolute Gasteiger partial charge is 0.508 e. The maximum absolute atomic E-state index is 15.4. The van der Waals surface area contributed by atoms with E-state index in [1.165, 1.54) is 22.2 Å². The number of phenols is 1. The molecule has 1 nitrogen and oxygen atoms in total. The summed E-state index contributed by atoms with van der Waals surface area (Å²) in [5, 5.41) is 9.18. The number of allylic oxidation sites excluding steroid dienone is 1. The van der Waals surface area contributed by atoms with Crippen molar-refractivity contribution in [3.05, 3.63) is 183 Å². The lowest BCUT2D eigenvalue weighted by molar-refractivity contribution is 0.378. The molecule has 0 bridgehead atoms. The minimum absolute atomic E-state index is 0.331. The Bertz CT molecular complexity index is 2380. The molecule has 0 amide bonds. The van der Waals surface area contributed by atoms with Gasteiger partial charge < -0.3 is 5.11 Å². The molecule has 0 radical (unpaired) electrons. The van der Waals surface area contributed by atoms with Crippen LogP contribution in [0.4, 0.5) is 87.8 Å². The highest BCUT2D eigenvalue weighted by Gasteiger charge is 2.52. The fourth-order valence-corrected chi connectivity index (χ4v) is 7.38. The summed E-state index contributed by atoms with van der Waals surface area (Å²) in [5.41, 5.74) is -13.1. The highest BCUT2D eigenvalue weighted by Crippen LogP contribution is 2.31. The SMILES string of the molecule is Fc1c(F)c(F)c([B-](c2c(F)c(F)c(F)c(F)c2F)(c2c(F)c(F)c(F)c(F)c2F)c2c(F)c(F)c(F)c(F)c2F)c(F)c1F.Oc1ccc([SH+]CCC=Cc2ccccc2)cc1. The van der Waals surface area contributed by atoms with Gasteiger partial charge >= 0.3 is 0 Å². The van der Waals surface area contributed by atoms with Crippen LogP contribution in [0, 0.1) is 116 Å². The number of phenolic OH excluding ortho intramolecular Hbond substituents is 1. The second kappa shape index (κ2) is 18.7. The van der Waals surface area contributed by atoms with Gasteiger partial charge in [-0.3, -0.25) is 0 Å². The predicted molar refractivity (Wildman–Crippen MR) is 189 cm³/mol. The van der Waals surface area contributed by atoms with E-state index in [1.54, 1.807) is 12.1 Å². The van der Waals surface area contributed by atoms with Crippen LogP contribution in [0.15, 0.2) is 65.6 Å². The fraction of sp³-hybridized carbons (Fsp3) is 0.0500. The third kappa shape index (κ3) is 8.29. The van der Waals surface area contributed by atoms with E-state index in [4.69, 9.17) is 0 Å². The molecule has 1 N–H and O–H groups in total. The van der Waals surface area contributed by atoms with E-state index in [0.717, 1.165) is 12.2 Å². The van der Waals surface area contributed by atoms with Crippen LogP contribution in [0.5, 0.6) is 5.75 Å². The van der Waals surface area contributed by atoms with E-state index in [0.29, 0.717) is 5.75 Å². The van der Waals surface area contributed by atoms with Crippen molar-refractivity contribution in [1.29, 1.82) is 0 Å². The molecule has 0 aromatic heterocycles. The van der Waals surface area contributed by atoms with Gasteiger partial charge in [0.05, 0.1) is 0 Å². The molecule has 0 aliphatic carbocycles.